The van der Waals surface area contributed by atoms with Crippen LogP contribution in [0.4, 0.5) is 0 Å². The Morgan fingerprint density at radius 1 is 0.438 bits per heavy atom. The monoisotopic (exact) mass is 572 g/mol. The molecule has 1 fully saturated rings. The predicted octanol–water partition coefficient (Wildman–Crippen LogP) is -4.70. The fraction of sp³-hybridized carbons (Fsp3) is 1.00. The standard InChI is InChI=1S/C4H12N4O4.4H2O4S/c1-3-10-5-7-12-8-6-11-4-2-9-1;4*1-5(2,3)4/h5-8H,1-4H2;4*(H2,1,2,3,4). The molecule has 1 rings (SSSR count). The van der Waals surface area contributed by atoms with Gasteiger partial charge in [-0.3, -0.25) is 46.1 Å². The highest BCUT2D eigenvalue weighted by Gasteiger charge is 1.93. The maximum absolute atomic E-state index is 8.74. The Labute approximate surface area is 180 Å². The van der Waals surface area contributed by atoms with E-state index in [4.69, 9.17) is 84.5 Å². The van der Waals surface area contributed by atoms with Crippen LogP contribution < -0.4 is 22.4 Å². The Hall–Kier alpha value is -0.840. The molecule has 0 unspecified atom stereocenters. The fourth-order valence-electron chi connectivity index (χ4n) is 0.531. The van der Waals surface area contributed by atoms with Crippen LogP contribution in [0.3, 0.4) is 0 Å². The molecule has 200 valence electrons. The number of ether oxygens (including phenoxy) is 1. The molecule has 1 aliphatic rings. The average Bonchev–Trinajstić information content (AvgIpc) is 2.40. The lowest BCUT2D eigenvalue weighted by Gasteiger charge is -2.11. The zero-order valence-corrected chi connectivity index (χ0v) is 18.2. The van der Waals surface area contributed by atoms with Gasteiger partial charge in [-0.25, -0.2) is 0 Å². The molecule has 0 bridgehead atoms. The molecule has 0 spiro atoms. The molecule has 1 saturated heterocycles. The van der Waals surface area contributed by atoms with E-state index < -0.39 is 41.6 Å². The molecule has 0 aromatic rings. The molecule has 1 aliphatic heterocycles. The second-order valence-electron chi connectivity index (χ2n) is 3.61. The second-order valence-corrected chi connectivity index (χ2v) is 7.19. The highest BCUT2D eigenvalue weighted by molar-refractivity contribution is 7.80. The third-order valence-electron chi connectivity index (χ3n) is 0.989. The van der Waals surface area contributed by atoms with Gasteiger partial charge in [0.15, 0.2) is 0 Å². The number of hydrogen-bond donors (Lipinski definition) is 12. The molecule has 1 heterocycles. The topological polar surface area (TPSA) is 383 Å². The Kier molecular flexibility index (Phi) is 24.9. The summed E-state index contributed by atoms with van der Waals surface area (Å²) >= 11 is 0. The lowest BCUT2D eigenvalue weighted by Crippen LogP contribution is -2.43. The van der Waals surface area contributed by atoms with Gasteiger partial charge < -0.3 is 4.74 Å². The van der Waals surface area contributed by atoms with Crippen molar-refractivity contribution in [1.29, 1.82) is 0 Å². The highest BCUT2D eigenvalue weighted by Crippen LogP contribution is 1.76. The Morgan fingerprint density at radius 2 is 0.656 bits per heavy atom. The van der Waals surface area contributed by atoms with Gasteiger partial charge in [0.25, 0.3) is 0 Å². The first-order valence-electron chi connectivity index (χ1n) is 6.27. The van der Waals surface area contributed by atoms with Crippen LogP contribution in [0.2, 0.25) is 0 Å². The van der Waals surface area contributed by atoms with Gasteiger partial charge in [0, 0.05) is 0 Å². The second kappa shape index (κ2) is 20.7. The van der Waals surface area contributed by atoms with E-state index in [1.807, 2.05) is 0 Å². The molecule has 0 atom stereocenters. The van der Waals surface area contributed by atoms with Gasteiger partial charge in [-0.05, 0) is 0 Å². The van der Waals surface area contributed by atoms with Crippen LogP contribution in [0, 0.1) is 0 Å². The quantitative estimate of drug-likeness (QED) is 0.121. The summed E-state index contributed by atoms with van der Waals surface area (Å²) in [5, 5.41) is 0. The normalized spacial score (nSPS) is 16.2. The van der Waals surface area contributed by atoms with Crippen LogP contribution >= 0.6 is 0 Å². The van der Waals surface area contributed by atoms with E-state index in [0.29, 0.717) is 26.4 Å². The van der Waals surface area contributed by atoms with Crippen LogP contribution in [0.15, 0.2) is 0 Å². The van der Waals surface area contributed by atoms with E-state index in [-0.39, 0.29) is 0 Å². The van der Waals surface area contributed by atoms with Gasteiger partial charge in [0.1, 0.15) is 0 Å². The summed E-state index contributed by atoms with van der Waals surface area (Å²) in [5.41, 5.74) is 9.03. The van der Waals surface area contributed by atoms with E-state index in [2.05, 4.69) is 27.3 Å². The fourth-order valence-corrected chi connectivity index (χ4v) is 0.531. The van der Waals surface area contributed by atoms with Crippen LogP contribution in [0.5, 0.6) is 0 Å². The van der Waals surface area contributed by atoms with Gasteiger partial charge in [-0.1, -0.05) is 11.2 Å². The predicted molar refractivity (Wildman–Crippen MR) is 93.1 cm³/mol. The van der Waals surface area contributed by atoms with Gasteiger partial charge >= 0.3 is 41.6 Å². The van der Waals surface area contributed by atoms with Gasteiger partial charge in [-0.15, -0.1) is 11.2 Å². The molecule has 0 aromatic heterocycles. The molecule has 0 radical (unpaired) electrons. The molecule has 28 heteroatoms. The van der Waals surface area contributed by atoms with Crippen molar-refractivity contribution in [3.8, 4) is 0 Å². The third-order valence-corrected chi connectivity index (χ3v) is 0.989. The van der Waals surface area contributed by atoms with Crippen molar-refractivity contribution in [1.82, 2.24) is 22.4 Å². The third kappa shape index (κ3) is 186. The van der Waals surface area contributed by atoms with Gasteiger partial charge in [0.2, 0.25) is 0 Å². The first kappa shape index (κ1) is 38.4. The number of hydrazine groups is 2. The minimum atomic E-state index is -4.67. The maximum Gasteiger partial charge on any atom is 0.394 e. The van der Waals surface area contributed by atoms with Crippen molar-refractivity contribution < 1.29 is 89.4 Å². The average molecular weight is 572 g/mol. The molecule has 0 saturated carbocycles. The largest absolute Gasteiger partial charge is 0.394 e. The summed E-state index contributed by atoms with van der Waals surface area (Å²) < 4.78 is 131. The van der Waals surface area contributed by atoms with Crippen molar-refractivity contribution in [3.63, 3.8) is 0 Å². The van der Waals surface area contributed by atoms with Crippen molar-refractivity contribution in [2.45, 2.75) is 0 Å². The molecule has 32 heavy (non-hydrogen) atoms. The van der Waals surface area contributed by atoms with Crippen LogP contribution in [0.1, 0.15) is 0 Å². The molecule has 12 N–H and O–H groups in total. The van der Waals surface area contributed by atoms with Crippen molar-refractivity contribution in [2.24, 2.45) is 0 Å². The Morgan fingerprint density at radius 3 is 0.875 bits per heavy atom. The van der Waals surface area contributed by atoms with E-state index >= 15 is 0 Å². The SMILES string of the molecule is C1CONNONNOCCO1.O=S(=O)(O)O.O=S(=O)(O)O.O=S(=O)(O)O.O=S(=O)(O)O. The van der Waals surface area contributed by atoms with E-state index in [1.54, 1.807) is 0 Å². The summed E-state index contributed by atoms with van der Waals surface area (Å²) in [5.74, 6) is 0. The highest BCUT2D eigenvalue weighted by atomic mass is 32.3. The Balaban J connectivity index is -0.000000167. The number of nitrogens with one attached hydrogen (secondary N) is 4. The first-order chi connectivity index (χ1) is 14.0. The summed E-state index contributed by atoms with van der Waals surface area (Å²) in [6.45, 7) is 1.82. The van der Waals surface area contributed by atoms with Crippen molar-refractivity contribution in [3.05, 3.63) is 0 Å². The van der Waals surface area contributed by atoms with Gasteiger partial charge in [0.05, 0.1) is 26.4 Å². The van der Waals surface area contributed by atoms with E-state index in [0.717, 1.165) is 0 Å². The van der Waals surface area contributed by atoms with E-state index in [1.165, 1.54) is 0 Å². The lowest BCUT2D eigenvalue weighted by molar-refractivity contribution is -0.206. The summed E-state index contributed by atoms with van der Waals surface area (Å²) in [6.07, 6.45) is 0. The molecular weight excluding hydrogens is 552 g/mol. The smallest absolute Gasteiger partial charge is 0.377 e. The van der Waals surface area contributed by atoms with Crippen LogP contribution in [-0.2, 0) is 60.9 Å². The van der Waals surface area contributed by atoms with Crippen molar-refractivity contribution >= 4 is 41.6 Å². The Bertz CT molecular complexity index is 639. The maximum atomic E-state index is 8.74. The minimum Gasteiger partial charge on any atom is -0.377 e. The zero-order valence-electron chi connectivity index (χ0n) is 14.9. The van der Waals surface area contributed by atoms with E-state index in [9.17, 15) is 0 Å². The molecular formula is C4H20N4O20S4. The zero-order chi connectivity index (χ0) is 26.5. The van der Waals surface area contributed by atoms with Crippen LogP contribution in [0.25, 0.3) is 0 Å². The number of rotatable bonds is 0. The van der Waals surface area contributed by atoms with Gasteiger partial charge in [-0.2, -0.15) is 38.6 Å². The molecule has 0 aliphatic carbocycles. The first-order valence-corrected chi connectivity index (χ1v) is 11.9. The number of hydrogen-bond acceptors (Lipinski definition) is 16. The molecule has 24 nitrogen and oxygen atoms in total. The molecule has 0 aromatic carbocycles. The molecule has 0 amide bonds. The minimum absolute atomic E-state index is 0.420. The van der Waals surface area contributed by atoms with Crippen molar-refractivity contribution in [2.75, 3.05) is 26.4 Å². The lowest BCUT2D eigenvalue weighted by atomic mass is 10.7. The summed E-state index contributed by atoms with van der Waals surface area (Å²) in [4.78, 5) is 14.1. The summed E-state index contributed by atoms with van der Waals surface area (Å²) in [6, 6.07) is 0. The summed E-state index contributed by atoms with van der Waals surface area (Å²) in [7, 11) is -18.7. The van der Waals surface area contributed by atoms with Crippen LogP contribution in [-0.4, -0.2) is 96.5 Å².